The second-order valence-corrected chi connectivity index (χ2v) is 5.05. The van der Waals surface area contributed by atoms with Gasteiger partial charge in [0.15, 0.2) is 0 Å². The standard InChI is InChI=1S/C11H17NO2/c13-11(14)9-2-1-8-7-3-5-12(6-4-7)10(8)9/h7-10H,1-6H2,(H,13,14). The summed E-state index contributed by atoms with van der Waals surface area (Å²) in [5.41, 5.74) is 0. The monoisotopic (exact) mass is 195 g/mol. The summed E-state index contributed by atoms with van der Waals surface area (Å²) in [6, 6.07) is 0.389. The van der Waals surface area contributed by atoms with E-state index >= 15 is 0 Å². The first kappa shape index (κ1) is 8.72. The number of piperidine rings is 3. The summed E-state index contributed by atoms with van der Waals surface area (Å²) in [7, 11) is 0. The molecule has 0 aromatic carbocycles. The molecule has 3 saturated heterocycles. The number of hydrogen-bond donors (Lipinski definition) is 1. The van der Waals surface area contributed by atoms with E-state index in [1.54, 1.807) is 0 Å². The normalized spacial score (nSPS) is 50.4. The summed E-state index contributed by atoms with van der Waals surface area (Å²) in [5.74, 6) is 0.918. The van der Waals surface area contributed by atoms with E-state index in [4.69, 9.17) is 5.11 Å². The van der Waals surface area contributed by atoms with E-state index in [2.05, 4.69) is 4.90 Å². The summed E-state index contributed by atoms with van der Waals surface area (Å²) < 4.78 is 0. The van der Waals surface area contributed by atoms with Crippen molar-refractivity contribution in [2.75, 3.05) is 13.1 Å². The van der Waals surface area contributed by atoms with Gasteiger partial charge in [0.2, 0.25) is 0 Å². The second-order valence-electron chi connectivity index (χ2n) is 5.05. The Hall–Kier alpha value is -0.570. The van der Waals surface area contributed by atoms with Crippen LogP contribution in [0.5, 0.6) is 0 Å². The maximum absolute atomic E-state index is 11.1. The van der Waals surface area contributed by atoms with E-state index in [9.17, 15) is 4.79 Å². The van der Waals surface area contributed by atoms with Crippen molar-refractivity contribution in [1.29, 1.82) is 0 Å². The molecule has 3 heteroatoms. The maximum Gasteiger partial charge on any atom is 0.308 e. The fourth-order valence-corrected chi connectivity index (χ4v) is 3.97. The van der Waals surface area contributed by atoms with Crippen LogP contribution in [-0.2, 0) is 4.79 Å². The van der Waals surface area contributed by atoms with Crippen molar-refractivity contribution in [2.45, 2.75) is 31.7 Å². The molecule has 0 amide bonds. The van der Waals surface area contributed by atoms with E-state index in [-0.39, 0.29) is 5.92 Å². The maximum atomic E-state index is 11.1. The molecule has 3 atom stereocenters. The van der Waals surface area contributed by atoms with Gasteiger partial charge < -0.3 is 5.11 Å². The fourth-order valence-electron chi connectivity index (χ4n) is 3.97. The average Bonchev–Trinajstić information content (AvgIpc) is 2.65. The van der Waals surface area contributed by atoms with Gasteiger partial charge in [-0.25, -0.2) is 0 Å². The van der Waals surface area contributed by atoms with Gasteiger partial charge in [0.1, 0.15) is 0 Å². The highest BCUT2D eigenvalue weighted by Gasteiger charge is 2.51. The van der Waals surface area contributed by atoms with Gasteiger partial charge in [-0.05, 0) is 50.6 Å². The number of fused-ring (bicyclic) bond motifs is 2. The minimum absolute atomic E-state index is 0.0666. The number of carbonyl (C=O) groups is 1. The molecule has 4 rings (SSSR count). The molecule has 3 heterocycles. The molecule has 1 saturated carbocycles. The molecule has 1 N–H and O–H groups in total. The Morgan fingerprint density at radius 2 is 1.86 bits per heavy atom. The summed E-state index contributed by atoms with van der Waals surface area (Å²) in [6.07, 6.45) is 4.70. The van der Waals surface area contributed by atoms with Crippen LogP contribution in [0.3, 0.4) is 0 Å². The molecule has 4 fully saturated rings. The molecule has 3 unspecified atom stereocenters. The molecule has 0 spiro atoms. The number of hydrogen-bond acceptors (Lipinski definition) is 2. The molecule has 0 radical (unpaired) electrons. The highest BCUT2D eigenvalue weighted by molar-refractivity contribution is 5.71. The molecular weight excluding hydrogens is 178 g/mol. The predicted molar refractivity (Wildman–Crippen MR) is 51.9 cm³/mol. The third-order valence-corrected chi connectivity index (χ3v) is 4.58. The lowest BCUT2D eigenvalue weighted by atomic mass is 9.74. The lowest BCUT2D eigenvalue weighted by molar-refractivity contribution is -0.145. The quantitative estimate of drug-likeness (QED) is 0.683. The van der Waals surface area contributed by atoms with Crippen LogP contribution < -0.4 is 0 Å². The van der Waals surface area contributed by atoms with Gasteiger partial charge in [-0.15, -0.1) is 0 Å². The molecule has 78 valence electrons. The predicted octanol–water partition coefficient (Wildman–Crippen LogP) is 1.19. The molecule has 2 bridgehead atoms. The first-order chi connectivity index (χ1) is 6.77. The molecule has 3 aliphatic heterocycles. The van der Waals surface area contributed by atoms with Crippen molar-refractivity contribution >= 4 is 5.97 Å². The first-order valence-electron chi connectivity index (χ1n) is 5.74. The van der Waals surface area contributed by atoms with E-state index in [0.29, 0.717) is 12.0 Å². The van der Waals surface area contributed by atoms with E-state index in [1.807, 2.05) is 0 Å². The zero-order chi connectivity index (χ0) is 9.71. The summed E-state index contributed by atoms with van der Waals surface area (Å²) in [6.45, 7) is 2.30. The Morgan fingerprint density at radius 3 is 2.50 bits per heavy atom. The van der Waals surface area contributed by atoms with Crippen LogP contribution in [0.2, 0.25) is 0 Å². The van der Waals surface area contributed by atoms with Gasteiger partial charge in [-0.2, -0.15) is 0 Å². The van der Waals surface area contributed by atoms with Gasteiger partial charge >= 0.3 is 5.97 Å². The highest BCUT2D eigenvalue weighted by Crippen LogP contribution is 2.48. The molecule has 14 heavy (non-hydrogen) atoms. The lowest BCUT2D eigenvalue weighted by Crippen LogP contribution is -2.55. The van der Waals surface area contributed by atoms with Gasteiger partial charge in [-0.1, -0.05) is 0 Å². The van der Waals surface area contributed by atoms with Crippen molar-refractivity contribution in [3.63, 3.8) is 0 Å². The third-order valence-electron chi connectivity index (χ3n) is 4.58. The molecule has 0 aromatic heterocycles. The molecule has 0 aromatic rings. The summed E-state index contributed by atoms with van der Waals surface area (Å²) in [5, 5.41) is 9.15. The van der Waals surface area contributed by atoms with Crippen LogP contribution >= 0.6 is 0 Å². The number of carboxylic acid groups (broad SMARTS) is 1. The summed E-state index contributed by atoms with van der Waals surface area (Å²) in [4.78, 5) is 13.5. The van der Waals surface area contributed by atoms with Gasteiger partial charge in [0.05, 0.1) is 5.92 Å². The topological polar surface area (TPSA) is 40.5 Å². The zero-order valence-electron chi connectivity index (χ0n) is 8.35. The van der Waals surface area contributed by atoms with Crippen LogP contribution in [0.4, 0.5) is 0 Å². The largest absolute Gasteiger partial charge is 0.481 e. The Morgan fingerprint density at radius 1 is 1.14 bits per heavy atom. The van der Waals surface area contributed by atoms with Gasteiger partial charge in [0.25, 0.3) is 0 Å². The van der Waals surface area contributed by atoms with E-state index < -0.39 is 5.97 Å². The Bertz CT molecular complexity index is 258. The average molecular weight is 195 g/mol. The SMILES string of the molecule is O=C(O)C1CCC2C3CCN(CC3)C12. The van der Waals surface area contributed by atoms with Crippen LogP contribution in [0.1, 0.15) is 25.7 Å². The van der Waals surface area contributed by atoms with Gasteiger partial charge in [-0.3, -0.25) is 9.69 Å². The first-order valence-corrected chi connectivity index (χ1v) is 5.74. The minimum atomic E-state index is -0.565. The Labute approximate surface area is 84.1 Å². The number of nitrogens with zero attached hydrogens (tertiary/aromatic N) is 1. The van der Waals surface area contributed by atoms with Crippen LogP contribution in [0, 0.1) is 17.8 Å². The van der Waals surface area contributed by atoms with Crippen molar-refractivity contribution in [1.82, 2.24) is 4.90 Å². The fraction of sp³-hybridized carbons (Fsp3) is 0.909. The number of carboxylic acids is 1. The summed E-state index contributed by atoms with van der Waals surface area (Å²) >= 11 is 0. The van der Waals surface area contributed by atoms with Gasteiger partial charge in [0, 0.05) is 6.04 Å². The van der Waals surface area contributed by atoms with Crippen molar-refractivity contribution in [3.05, 3.63) is 0 Å². The number of rotatable bonds is 1. The number of aliphatic carboxylic acids is 1. The third kappa shape index (κ3) is 1.05. The van der Waals surface area contributed by atoms with Crippen molar-refractivity contribution in [2.24, 2.45) is 17.8 Å². The van der Waals surface area contributed by atoms with E-state index in [0.717, 1.165) is 31.8 Å². The molecule has 3 nitrogen and oxygen atoms in total. The second kappa shape index (κ2) is 2.96. The molecule has 1 aliphatic carbocycles. The Balaban J connectivity index is 1.87. The van der Waals surface area contributed by atoms with Crippen LogP contribution in [0.25, 0.3) is 0 Å². The zero-order valence-corrected chi connectivity index (χ0v) is 8.35. The van der Waals surface area contributed by atoms with Crippen LogP contribution in [-0.4, -0.2) is 35.1 Å². The minimum Gasteiger partial charge on any atom is -0.481 e. The molecule has 4 aliphatic rings. The van der Waals surface area contributed by atoms with Crippen molar-refractivity contribution in [3.8, 4) is 0 Å². The highest BCUT2D eigenvalue weighted by atomic mass is 16.4. The van der Waals surface area contributed by atoms with Crippen LogP contribution in [0.15, 0.2) is 0 Å². The van der Waals surface area contributed by atoms with Crippen molar-refractivity contribution < 1.29 is 9.90 Å². The van der Waals surface area contributed by atoms with E-state index in [1.165, 1.54) is 12.8 Å². The lowest BCUT2D eigenvalue weighted by Gasteiger charge is -2.49. The Kier molecular flexibility index (Phi) is 1.84. The smallest absolute Gasteiger partial charge is 0.308 e. The molecular formula is C11H17NO2.